The van der Waals surface area contributed by atoms with Crippen LogP contribution in [0.3, 0.4) is 0 Å². The number of hydrogen-bond donors (Lipinski definition) is 0. The first-order valence-corrected chi connectivity index (χ1v) is 5.51. The van der Waals surface area contributed by atoms with Crippen LogP contribution in [0.4, 0.5) is 5.69 Å². The predicted octanol–water partition coefficient (Wildman–Crippen LogP) is 2.39. The third kappa shape index (κ3) is 1.43. The summed E-state index contributed by atoms with van der Waals surface area (Å²) in [5, 5.41) is 2.08. The van der Waals surface area contributed by atoms with Crippen molar-refractivity contribution >= 4 is 28.2 Å². The van der Waals surface area contributed by atoms with Crippen LogP contribution in [0.25, 0.3) is 10.8 Å². The van der Waals surface area contributed by atoms with Gasteiger partial charge in [-0.25, -0.2) is 0 Å². The van der Waals surface area contributed by atoms with Gasteiger partial charge >= 0.3 is 0 Å². The summed E-state index contributed by atoms with van der Waals surface area (Å²) in [6, 6.07) is 11.6. The van der Waals surface area contributed by atoms with Crippen molar-refractivity contribution in [2.24, 2.45) is 0 Å². The van der Waals surface area contributed by atoms with Gasteiger partial charge in [0.05, 0.1) is 12.2 Å². The lowest BCUT2D eigenvalue weighted by Crippen LogP contribution is -2.27. The summed E-state index contributed by atoms with van der Waals surface area (Å²) < 4.78 is 0. The summed E-state index contributed by atoms with van der Waals surface area (Å²) >= 11 is 0. The minimum absolute atomic E-state index is 0.0148. The van der Waals surface area contributed by atoms with E-state index >= 15 is 0 Å². The molecule has 1 amide bonds. The number of ketones is 1. The molecule has 3 rings (SSSR count). The largest absolute Gasteiger partial charge is 0.304 e. The average Bonchev–Trinajstić information content (AvgIpc) is 2.64. The SMILES string of the molecule is CC(=O)N1CC(=O)c2cc3ccccc3cc21. The summed E-state index contributed by atoms with van der Waals surface area (Å²) in [5.74, 6) is -0.0756. The number of Topliss-reactive ketones (excluding diaryl/α,β-unsaturated/α-hetero) is 1. The van der Waals surface area contributed by atoms with Crippen LogP contribution in [0.1, 0.15) is 17.3 Å². The zero-order chi connectivity index (χ0) is 12.0. The molecule has 0 fully saturated rings. The molecule has 0 aromatic heterocycles. The average molecular weight is 225 g/mol. The van der Waals surface area contributed by atoms with Crippen molar-refractivity contribution < 1.29 is 9.59 Å². The van der Waals surface area contributed by atoms with E-state index in [1.807, 2.05) is 36.4 Å². The van der Waals surface area contributed by atoms with Crippen LogP contribution >= 0.6 is 0 Å². The topological polar surface area (TPSA) is 37.4 Å². The number of carbonyl (C=O) groups excluding carboxylic acids is 2. The fraction of sp³-hybridized carbons (Fsp3) is 0.143. The van der Waals surface area contributed by atoms with E-state index < -0.39 is 0 Å². The molecule has 0 spiro atoms. The Kier molecular flexibility index (Phi) is 2.01. The second-order valence-corrected chi connectivity index (χ2v) is 4.24. The van der Waals surface area contributed by atoms with Gasteiger partial charge in [0.1, 0.15) is 0 Å². The first kappa shape index (κ1) is 10.0. The van der Waals surface area contributed by atoms with Gasteiger partial charge in [-0.05, 0) is 22.9 Å². The maximum Gasteiger partial charge on any atom is 0.224 e. The second kappa shape index (κ2) is 3.42. The lowest BCUT2D eigenvalue weighted by molar-refractivity contribution is -0.116. The molecule has 1 aliphatic heterocycles. The van der Waals surface area contributed by atoms with E-state index in [1.165, 1.54) is 11.8 Å². The number of anilines is 1. The molecule has 0 saturated heterocycles. The molecule has 2 aromatic rings. The summed E-state index contributed by atoms with van der Waals surface area (Å²) in [7, 11) is 0. The smallest absolute Gasteiger partial charge is 0.224 e. The molecule has 84 valence electrons. The van der Waals surface area contributed by atoms with E-state index in [9.17, 15) is 9.59 Å². The van der Waals surface area contributed by atoms with Gasteiger partial charge in [-0.2, -0.15) is 0 Å². The fourth-order valence-electron chi connectivity index (χ4n) is 2.27. The van der Waals surface area contributed by atoms with Gasteiger partial charge in [0.15, 0.2) is 5.78 Å². The molecule has 0 saturated carbocycles. The highest BCUT2D eigenvalue weighted by molar-refractivity contribution is 6.17. The lowest BCUT2D eigenvalue weighted by atomic mass is 10.0. The van der Waals surface area contributed by atoms with Crippen molar-refractivity contribution in [3.63, 3.8) is 0 Å². The Morgan fingerprint density at radius 1 is 1.18 bits per heavy atom. The molecular weight excluding hydrogens is 214 g/mol. The molecule has 3 nitrogen and oxygen atoms in total. The van der Waals surface area contributed by atoms with Gasteiger partial charge in [-0.1, -0.05) is 24.3 Å². The van der Waals surface area contributed by atoms with Crippen LogP contribution < -0.4 is 4.90 Å². The Balaban J connectivity index is 2.29. The number of amides is 1. The van der Waals surface area contributed by atoms with E-state index in [0.717, 1.165) is 16.5 Å². The van der Waals surface area contributed by atoms with E-state index in [2.05, 4.69) is 0 Å². The van der Waals surface area contributed by atoms with Crippen LogP contribution in [-0.2, 0) is 4.79 Å². The number of rotatable bonds is 0. The number of nitrogens with zero attached hydrogens (tertiary/aromatic N) is 1. The maximum absolute atomic E-state index is 11.8. The number of fused-ring (bicyclic) bond motifs is 2. The fourth-order valence-corrected chi connectivity index (χ4v) is 2.27. The van der Waals surface area contributed by atoms with E-state index in [0.29, 0.717) is 5.56 Å². The Hall–Kier alpha value is -2.16. The monoisotopic (exact) mass is 225 g/mol. The van der Waals surface area contributed by atoms with Crippen molar-refractivity contribution in [2.75, 3.05) is 11.4 Å². The van der Waals surface area contributed by atoms with Gasteiger partial charge in [-0.15, -0.1) is 0 Å². The number of hydrogen-bond acceptors (Lipinski definition) is 2. The van der Waals surface area contributed by atoms with E-state index in [1.54, 1.807) is 0 Å². The Morgan fingerprint density at radius 3 is 2.47 bits per heavy atom. The van der Waals surface area contributed by atoms with Crippen molar-refractivity contribution in [1.82, 2.24) is 0 Å². The van der Waals surface area contributed by atoms with Gasteiger partial charge in [0.2, 0.25) is 5.91 Å². The molecule has 17 heavy (non-hydrogen) atoms. The molecule has 0 N–H and O–H groups in total. The minimum Gasteiger partial charge on any atom is -0.304 e. The summed E-state index contributed by atoms with van der Waals surface area (Å²) in [6.45, 7) is 1.65. The third-order valence-electron chi connectivity index (χ3n) is 3.14. The first-order chi connectivity index (χ1) is 8.16. The molecule has 2 aromatic carbocycles. The minimum atomic E-state index is -0.0904. The van der Waals surface area contributed by atoms with Crippen molar-refractivity contribution in [2.45, 2.75) is 6.92 Å². The summed E-state index contributed by atoms with van der Waals surface area (Å²) in [5.41, 5.74) is 1.39. The predicted molar refractivity (Wildman–Crippen MR) is 66.3 cm³/mol. The summed E-state index contributed by atoms with van der Waals surface area (Å²) in [4.78, 5) is 24.8. The van der Waals surface area contributed by atoms with Crippen LogP contribution in [0.15, 0.2) is 36.4 Å². The van der Waals surface area contributed by atoms with Crippen molar-refractivity contribution in [1.29, 1.82) is 0 Å². The standard InChI is InChI=1S/C14H11NO2/c1-9(16)15-8-14(17)12-6-10-4-2-3-5-11(10)7-13(12)15/h2-7H,8H2,1H3. The molecule has 0 bridgehead atoms. The normalized spacial score (nSPS) is 14.2. The molecule has 1 heterocycles. The zero-order valence-electron chi connectivity index (χ0n) is 9.43. The molecule has 0 atom stereocenters. The lowest BCUT2D eigenvalue weighted by Gasteiger charge is -2.13. The molecular formula is C14H11NO2. The van der Waals surface area contributed by atoms with Gasteiger partial charge < -0.3 is 4.90 Å². The van der Waals surface area contributed by atoms with Gasteiger partial charge in [0.25, 0.3) is 0 Å². The van der Waals surface area contributed by atoms with Crippen molar-refractivity contribution in [3.05, 3.63) is 42.0 Å². The van der Waals surface area contributed by atoms with Crippen LogP contribution in [0, 0.1) is 0 Å². The van der Waals surface area contributed by atoms with Crippen LogP contribution in [-0.4, -0.2) is 18.2 Å². The molecule has 0 unspecified atom stereocenters. The highest BCUT2D eigenvalue weighted by Crippen LogP contribution is 2.32. The highest BCUT2D eigenvalue weighted by atomic mass is 16.2. The van der Waals surface area contributed by atoms with Gasteiger partial charge in [-0.3, -0.25) is 9.59 Å². The highest BCUT2D eigenvalue weighted by Gasteiger charge is 2.29. The summed E-state index contributed by atoms with van der Waals surface area (Å²) in [6.07, 6.45) is 0. The Bertz CT molecular complexity index is 646. The van der Waals surface area contributed by atoms with Crippen LogP contribution in [0.5, 0.6) is 0 Å². The van der Waals surface area contributed by atoms with Crippen LogP contribution in [0.2, 0.25) is 0 Å². The van der Waals surface area contributed by atoms with Gasteiger partial charge in [0, 0.05) is 12.5 Å². The van der Waals surface area contributed by atoms with E-state index in [-0.39, 0.29) is 18.2 Å². The Morgan fingerprint density at radius 2 is 1.82 bits per heavy atom. The molecule has 0 radical (unpaired) electrons. The first-order valence-electron chi connectivity index (χ1n) is 5.51. The van der Waals surface area contributed by atoms with E-state index in [4.69, 9.17) is 0 Å². The maximum atomic E-state index is 11.8. The zero-order valence-corrected chi connectivity index (χ0v) is 9.43. The molecule has 0 aliphatic carbocycles. The number of carbonyl (C=O) groups is 2. The van der Waals surface area contributed by atoms with Crippen molar-refractivity contribution in [3.8, 4) is 0 Å². The quantitative estimate of drug-likeness (QED) is 0.690. The molecule has 1 aliphatic rings. The number of benzene rings is 2. The molecule has 3 heteroatoms. The third-order valence-corrected chi connectivity index (χ3v) is 3.14. The second-order valence-electron chi connectivity index (χ2n) is 4.24. The Labute approximate surface area is 98.6 Å².